The standard InChI is InChI=1S/C14H20O10/c1-6(15)12(20)10(5-23-9(4)18)24-11(19)13(21,7(2)16)14(12,22)8(3)17/h10-11,19-22H,5H2,1-4H3/t10-,11?,12-,13-,14+/m1/s1. The maximum absolute atomic E-state index is 12.0. The monoisotopic (exact) mass is 348 g/mol. The molecule has 0 aromatic heterocycles. The van der Waals surface area contributed by atoms with Crippen LogP contribution in [0.25, 0.3) is 0 Å². The lowest BCUT2D eigenvalue weighted by atomic mass is 9.61. The number of esters is 1. The quantitative estimate of drug-likeness (QED) is 0.382. The summed E-state index contributed by atoms with van der Waals surface area (Å²) in [6.45, 7) is 2.40. The number of rotatable bonds is 5. The first-order valence-electron chi connectivity index (χ1n) is 6.95. The van der Waals surface area contributed by atoms with E-state index in [0.29, 0.717) is 6.92 Å². The van der Waals surface area contributed by atoms with Gasteiger partial charge in [-0.05, 0) is 20.8 Å². The number of carbonyl (C=O) groups is 4. The molecule has 1 rings (SSSR count). The number of ether oxygens (including phenoxy) is 2. The molecule has 0 bridgehead atoms. The van der Waals surface area contributed by atoms with Gasteiger partial charge in [-0.15, -0.1) is 0 Å². The lowest BCUT2D eigenvalue weighted by molar-refractivity contribution is -0.359. The molecule has 5 atom stereocenters. The number of hydrogen-bond acceptors (Lipinski definition) is 10. The van der Waals surface area contributed by atoms with E-state index in [4.69, 9.17) is 4.74 Å². The molecule has 10 heteroatoms. The lowest BCUT2D eigenvalue weighted by Gasteiger charge is -2.56. The van der Waals surface area contributed by atoms with Crippen molar-refractivity contribution in [1.82, 2.24) is 0 Å². The average Bonchev–Trinajstić information content (AvgIpc) is 2.46. The predicted molar refractivity (Wildman–Crippen MR) is 74.4 cm³/mol. The molecule has 10 nitrogen and oxygen atoms in total. The highest BCUT2D eigenvalue weighted by Crippen LogP contribution is 2.45. The Morgan fingerprint density at radius 3 is 1.71 bits per heavy atom. The van der Waals surface area contributed by atoms with Crippen molar-refractivity contribution < 1.29 is 49.1 Å². The van der Waals surface area contributed by atoms with Gasteiger partial charge in [0.1, 0.15) is 12.7 Å². The summed E-state index contributed by atoms with van der Waals surface area (Å²) in [5, 5.41) is 42.0. The molecule has 136 valence electrons. The van der Waals surface area contributed by atoms with Crippen LogP contribution in [0.4, 0.5) is 0 Å². The van der Waals surface area contributed by atoms with Gasteiger partial charge in [-0.2, -0.15) is 0 Å². The third-order valence-corrected chi connectivity index (χ3v) is 4.24. The molecule has 0 spiro atoms. The molecule has 1 aliphatic rings. The largest absolute Gasteiger partial charge is 0.463 e. The summed E-state index contributed by atoms with van der Waals surface area (Å²) in [6, 6.07) is 0. The molecule has 0 amide bonds. The minimum absolute atomic E-state index is 0.711. The van der Waals surface area contributed by atoms with Crippen LogP contribution in [0.15, 0.2) is 0 Å². The SMILES string of the molecule is CC(=O)OC[C@H]1OC(O)[C@](O)(C(C)=O)[C@](O)(C(C)=O)[C@@]1(O)C(C)=O. The van der Waals surface area contributed by atoms with Crippen LogP contribution >= 0.6 is 0 Å². The highest BCUT2D eigenvalue weighted by molar-refractivity contribution is 6.05. The molecular weight excluding hydrogens is 328 g/mol. The number of hydrogen-bond donors (Lipinski definition) is 4. The van der Waals surface area contributed by atoms with Crippen molar-refractivity contribution in [3.63, 3.8) is 0 Å². The van der Waals surface area contributed by atoms with Gasteiger partial charge in [0.15, 0.2) is 29.2 Å². The van der Waals surface area contributed by atoms with Gasteiger partial charge in [0.2, 0.25) is 11.2 Å². The van der Waals surface area contributed by atoms with Crippen LogP contribution in [0, 0.1) is 0 Å². The molecule has 1 heterocycles. The summed E-state index contributed by atoms with van der Waals surface area (Å²) >= 11 is 0. The van der Waals surface area contributed by atoms with Crippen molar-refractivity contribution in [1.29, 1.82) is 0 Å². The van der Waals surface area contributed by atoms with Gasteiger partial charge < -0.3 is 29.9 Å². The summed E-state index contributed by atoms with van der Waals surface area (Å²) in [6.07, 6.45) is -4.38. The Hall–Kier alpha value is -1.72. The maximum Gasteiger partial charge on any atom is 0.302 e. The minimum atomic E-state index is -3.43. The number of carbonyl (C=O) groups excluding carboxylic acids is 4. The fourth-order valence-electron chi connectivity index (χ4n) is 2.85. The number of aliphatic hydroxyl groups excluding tert-OH is 1. The molecule has 4 N–H and O–H groups in total. The van der Waals surface area contributed by atoms with E-state index < -0.39 is 59.1 Å². The number of Topliss-reactive ketones (excluding diaryl/α,β-unsaturated/α-hetero) is 3. The fourth-order valence-corrected chi connectivity index (χ4v) is 2.85. The Balaban J connectivity index is 3.66. The van der Waals surface area contributed by atoms with E-state index in [1.807, 2.05) is 0 Å². The lowest BCUT2D eigenvalue weighted by Crippen LogP contribution is -2.86. The summed E-state index contributed by atoms with van der Waals surface area (Å²) in [7, 11) is 0. The smallest absolute Gasteiger partial charge is 0.302 e. The summed E-state index contributed by atoms with van der Waals surface area (Å²) in [4.78, 5) is 46.8. The van der Waals surface area contributed by atoms with Gasteiger partial charge in [0.25, 0.3) is 0 Å². The third-order valence-electron chi connectivity index (χ3n) is 4.24. The number of ketones is 3. The van der Waals surface area contributed by atoms with E-state index in [-0.39, 0.29) is 0 Å². The molecule has 0 aromatic carbocycles. The molecule has 1 fully saturated rings. The van der Waals surface area contributed by atoms with Gasteiger partial charge >= 0.3 is 5.97 Å². The average molecular weight is 348 g/mol. The van der Waals surface area contributed by atoms with Crippen LogP contribution in [0.5, 0.6) is 0 Å². The van der Waals surface area contributed by atoms with Crippen molar-refractivity contribution in [3.05, 3.63) is 0 Å². The van der Waals surface area contributed by atoms with Gasteiger partial charge in [0.05, 0.1) is 0 Å². The maximum atomic E-state index is 12.0. The molecule has 0 radical (unpaired) electrons. The summed E-state index contributed by atoms with van der Waals surface area (Å²) in [5.41, 5.74) is -9.90. The number of aliphatic hydroxyl groups is 4. The highest BCUT2D eigenvalue weighted by Gasteiger charge is 2.78. The first-order chi connectivity index (χ1) is 10.8. The Kier molecular flexibility index (Phi) is 5.33. The Morgan fingerprint density at radius 1 is 0.917 bits per heavy atom. The topological polar surface area (TPSA) is 168 Å². The zero-order valence-electron chi connectivity index (χ0n) is 13.6. The van der Waals surface area contributed by atoms with Gasteiger partial charge in [0, 0.05) is 6.92 Å². The molecule has 24 heavy (non-hydrogen) atoms. The van der Waals surface area contributed by atoms with Crippen LogP contribution < -0.4 is 0 Å². The molecule has 0 aliphatic carbocycles. The van der Waals surface area contributed by atoms with Crippen LogP contribution in [0.1, 0.15) is 27.7 Å². The Bertz CT molecular complexity index is 586. The first kappa shape index (κ1) is 20.3. The van der Waals surface area contributed by atoms with E-state index >= 15 is 0 Å². The molecular formula is C14H20O10. The van der Waals surface area contributed by atoms with E-state index in [1.165, 1.54) is 0 Å². The van der Waals surface area contributed by atoms with Crippen molar-refractivity contribution in [2.45, 2.75) is 56.9 Å². The minimum Gasteiger partial charge on any atom is -0.463 e. The highest BCUT2D eigenvalue weighted by atomic mass is 16.7. The zero-order chi connectivity index (χ0) is 19.1. The second-order valence-electron chi connectivity index (χ2n) is 5.69. The second-order valence-corrected chi connectivity index (χ2v) is 5.69. The van der Waals surface area contributed by atoms with Gasteiger partial charge in [-0.1, -0.05) is 0 Å². The van der Waals surface area contributed by atoms with Crippen LogP contribution in [0.3, 0.4) is 0 Å². The van der Waals surface area contributed by atoms with Crippen LogP contribution in [-0.4, -0.2) is 79.5 Å². The first-order valence-corrected chi connectivity index (χ1v) is 6.95. The molecule has 0 saturated carbocycles. The molecule has 1 aliphatic heterocycles. The molecule has 1 saturated heterocycles. The van der Waals surface area contributed by atoms with Crippen molar-refractivity contribution in [2.24, 2.45) is 0 Å². The van der Waals surface area contributed by atoms with Crippen molar-refractivity contribution in [3.8, 4) is 0 Å². The van der Waals surface area contributed by atoms with Crippen molar-refractivity contribution in [2.75, 3.05) is 6.61 Å². The van der Waals surface area contributed by atoms with Gasteiger partial charge in [-0.3, -0.25) is 19.2 Å². The second kappa shape index (κ2) is 6.30. The molecule has 0 aromatic rings. The fraction of sp³-hybridized carbons (Fsp3) is 0.714. The normalized spacial score (nSPS) is 39.2. The third kappa shape index (κ3) is 2.47. The van der Waals surface area contributed by atoms with Crippen molar-refractivity contribution >= 4 is 23.3 Å². The summed E-state index contributed by atoms with van der Waals surface area (Å²) < 4.78 is 9.46. The van der Waals surface area contributed by atoms with Gasteiger partial charge in [-0.25, -0.2) is 0 Å². The summed E-state index contributed by atoms with van der Waals surface area (Å²) in [5.74, 6) is -4.77. The molecule has 1 unspecified atom stereocenters. The van der Waals surface area contributed by atoms with Crippen LogP contribution in [0.2, 0.25) is 0 Å². The van der Waals surface area contributed by atoms with E-state index in [1.54, 1.807) is 0 Å². The Morgan fingerprint density at radius 2 is 1.38 bits per heavy atom. The predicted octanol–water partition coefficient (Wildman–Crippen LogP) is -2.77. The van der Waals surface area contributed by atoms with E-state index in [0.717, 1.165) is 20.8 Å². The Labute approximate surface area is 137 Å². The zero-order valence-corrected chi connectivity index (χ0v) is 13.6. The van der Waals surface area contributed by atoms with Crippen LogP contribution in [-0.2, 0) is 28.7 Å². The van der Waals surface area contributed by atoms with E-state index in [9.17, 15) is 39.6 Å². The van der Waals surface area contributed by atoms with E-state index in [2.05, 4.69) is 4.74 Å².